The fourth-order valence-corrected chi connectivity index (χ4v) is 2.53. The first-order valence-electron chi connectivity index (χ1n) is 5.26. The standard InChI is InChI=1S/C11H10ClN3O2S/c1-2-14(9(12)16)10-13-15(11(17)18-10)8-6-4-3-5-7-8/h3-7H,2H2,1H3. The van der Waals surface area contributed by atoms with E-state index in [1.54, 1.807) is 19.1 Å². The van der Waals surface area contributed by atoms with Crippen molar-refractivity contribution in [3.8, 4) is 5.69 Å². The summed E-state index contributed by atoms with van der Waals surface area (Å²) in [6.07, 6.45) is 0. The molecule has 5 nitrogen and oxygen atoms in total. The molecule has 0 fully saturated rings. The average Bonchev–Trinajstić information content (AvgIpc) is 2.73. The largest absolute Gasteiger partial charge is 0.331 e. The van der Waals surface area contributed by atoms with Crippen LogP contribution < -0.4 is 9.77 Å². The quantitative estimate of drug-likeness (QED) is 0.642. The molecule has 0 saturated heterocycles. The number of rotatable bonds is 3. The van der Waals surface area contributed by atoms with Gasteiger partial charge in [-0.05, 0) is 42.0 Å². The van der Waals surface area contributed by atoms with Gasteiger partial charge in [0.05, 0.1) is 5.69 Å². The summed E-state index contributed by atoms with van der Waals surface area (Å²) in [5, 5.41) is 3.77. The van der Waals surface area contributed by atoms with Gasteiger partial charge in [-0.3, -0.25) is 14.5 Å². The third-order valence-corrected chi connectivity index (χ3v) is 3.33. The summed E-state index contributed by atoms with van der Waals surface area (Å²) < 4.78 is 1.25. The summed E-state index contributed by atoms with van der Waals surface area (Å²) in [7, 11) is 0. The van der Waals surface area contributed by atoms with Crippen molar-refractivity contribution in [3.63, 3.8) is 0 Å². The smallest absolute Gasteiger partial charge is 0.273 e. The molecule has 1 heterocycles. The number of hydrogen-bond donors (Lipinski definition) is 0. The summed E-state index contributed by atoms with van der Waals surface area (Å²) in [4.78, 5) is 24.0. The second kappa shape index (κ2) is 5.32. The van der Waals surface area contributed by atoms with Gasteiger partial charge in [-0.25, -0.2) is 0 Å². The van der Waals surface area contributed by atoms with Crippen LogP contribution in [0.2, 0.25) is 0 Å². The van der Waals surface area contributed by atoms with Gasteiger partial charge in [0, 0.05) is 6.54 Å². The lowest BCUT2D eigenvalue weighted by Gasteiger charge is -2.11. The van der Waals surface area contributed by atoms with Gasteiger partial charge in [0.1, 0.15) is 0 Å². The first-order chi connectivity index (χ1) is 8.63. The first kappa shape index (κ1) is 12.8. The number of benzene rings is 1. The molecule has 0 saturated carbocycles. The Bertz CT molecular complexity index is 608. The minimum atomic E-state index is -0.647. The summed E-state index contributed by atoms with van der Waals surface area (Å²) in [5.41, 5.74) is 0.656. The lowest BCUT2D eigenvalue weighted by molar-refractivity contribution is 0.264. The molecular weight excluding hydrogens is 274 g/mol. The number of halogens is 1. The van der Waals surface area contributed by atoms with Crippen LogP contribution in [0.5, 0.6) is 0 Å². The maximum atomic E-state index is 11.8. The summed E-state index contributed by atoms with van der Waals surface area (Å²) in [6, 6.07) is 9.01. The van der Waals surface area contributed by atoms with Crippen LogP contribution in [0.1, 0.15) is 6.92 Å². The van der Waals surface area contributed by atoms with Crippen molar-refractivity contribution in [2.45, 2.75) is 6.92 Å². The minimum absolute atomic E-state index is 0.257. The summed E-state index contributed by atoms with van der Waals surface area (Å²) in [6.45, 7) is 2.13. The molecule has 0 aliphatic carbocycles. The van der Waals surface area contributed by atoms with Crippen LogP contribution in [-0.2, 0) is 0 Å². The van der Waals surface area contributed by atoms with Gasteiger partial charge in [0.15, 0.2) is 0 Å². The molecule has 7 heteroatoms. The van der Waals surface area contributed by atoms with E-state index in [9.17, 15) is 9.59 Å². The van der Waals surface area contributed by atoms with Gasteiger partial charge in [-0.15, -0.1) is 5.10 Å². The predicted molar refractivity (Wildman–Crippen MR) is 72.0 cm³/mol. The van der Waals surface area contributed by atoms with Crippen LogP contribution in [0.4, 0.5) is 9.93 Å². The molecule has 94 valence electrons. The molecule has 0 radical (unpaired) electrons. The number of carbonyl (C=O) groups is 1. The Labute approximate surface area is 112 Å². The molecule has 1 aromatic carbocycles. The molecule has 0 aliphatic heterocycles. The highest BCUT2D eigenvalue weighted by Crippen LogP contribution is 2.17. The van der Waals surface area contributed by atoms with E-state index in [1.165, 1.54) is 9.58 Å². The summed E-state index contributed by atoms with van der Waals surface area (Å²) in [5.74, 6) is 0. The van der Waals surface area contributed by atoms with E-state index in [0.717, 1.165) is 11.3 Å². The van der Waals surface area contributed by atoms with Crippen molar-refractivity contribution in [3.05, 3.63) is 40.0 Å². The summed E-state index contributed by atoms with van der Waals surface area (Å²) >= 11 is 6.32. The van der Waals surface area contributed by atoms with Crippen molar-refractivity contribution in [1.82, 2.24) is 9.78 Å². The Morgan fingerprint density at radius 2 is 2.11 bits per heavy atom. The zero-order chi connectivity index (χ0) is 13.1. The Kier molecular flexibility index (Phi) is 3.78. The van der Waals surface area contributed by atoms with Crippen molar-refractivity contribution in [1.29, 1.82) is 0 Å². The molecule has 1 amide bonds. The predicted octanol–water partition coefficient (Wildman–Crippen LogP) is 2.48. The number of anilines is 1. The molecule has 0 atom stereocenters. The van der Waals surface area contributed by atoms with E-state index in [0.29, 0.717) is 17.4 Å². The average molecular weight is 284 g/mol. The SMILES string of the molecule is CCN(C(=O)Cl)c1nn(-c2ccccc2)c(=O)s1. The number of carbonyl (C=O) groups excluding carboxylic acids is 1. The zero-order valence-corrected chi connectivity index (χ0v) is 11.1. The van der Waals surface area contributed by atoms with Crippen LogP contribution in [0.3, 0.4) is 0 Å². The van der Waals surface area contributed by atoms with Crippen molar-refractivity contribution in [2.24, 2.45) is 0 Å². The van der Waals surface area contributed by atoms with Gasteiger partial charge >= 0.3 is 10.2 Å². The Morgan fingerprint density at radius 3 is 2.67 bits per heavy atom. The van der Waals surface area contributed by atoms with E-state index in [2.05, 4.69) is 5.10 Å². The van der Waals surface area contributed by atoms with Crippen LogP contribution in [0, 0.1) is 0 Å². The second-order valence-corrected chi connectivity index (χ2v) is 4.64. The fourth-order valence-electron chi connectivity index (χ4n) is 1.44. The van der Waals surface area contributed by atoms with E-state index in [4.69, 9.17) is 11.6 Å². The fraction of sp³-hybridized carbons (Fsp3) is 0.182. The first-order valence-corrected chi connectivity index (χ1v) is 6.45. The lowest BCUT2D eigenvalue weighted by atomic mass is 10.3. The number of nitrogens with zero attached hydrogens (tertiary/aromatic N) is 3. The monoisotopic (exact) mass is 283 g/mol. The maximum Gasteiger partial charge on any atom is 0.331 e. The Balaban J connectivity index is 2.45. The van der Waals surface area contributed by atoms with Crippen molar-refractivity contribution >= 4 is 33.4 Å². The van der Waals surface area contributed by atoms with Gasteiger partial charge < -0.3 is 0 Å². The molecule has 0 spiro atoms. The molecule has 18 heavy (non-hydrogen) atoms. The topological polar surface area (TPSA) is 55.2 Å². The van der Waals surface area contributed by atoms with Crippen LogP contribution >= 0.6 is 22.9 Å². The maximum absolute atomic E-state index is 11.8. The van der Waals surface area contributed by atoms with E-state index in [1.807, 2.05) is 18.2 Å². The minimum Gasteiger partial charge on any atom is -0.273 e. The molecule has 1 aromatic heterocycles. The Morgan fingerprint density at radius 1 is 1.44 bits per heavy atom. The third-order valence-electron chi connectivity index (χ3n) is 2.30. The molecule has 0 unspecified atom stereocenters. The van der Waals surface area contributed by atoms with Gasteiger partial charge in [0.2, 0.25) is 5.13 Å². The zero-order valence-electron chi connectivity index (χ0n) is 9.54. The molecule has 2 rings (SSSR count). The van der Waals surface area contributed by atoms with Crippen molar-refractivity contribution < 1.29 is 4.79 Å². The number of hydrogen-bond acceptors (Lipinski definition) is 4. The van der Waals surface area contributed by atoms with Gasteiger partial charge in [-0.1, -0.05) is 18.2 Å². The molecule has 2 aromatic rings. The normalized spacial score (nSPS) is 10.3. The molecule has 0 aliphatic rings. The van der Waals surface area contributed by atoms with E-state index >= 15 is 0 Å². The number of aromatic nitrogens is 2. The van der Waals surface area contributed by atoms with E-state index in [-0.39, 0.29) is 4.87 Å². The third kappa shape index (κ3) is 2.44. The highest BCUT2D eigenvalue weighted by Gasteiger charge is 2.17. The molecule has 0 bridgehead atoms. The Hall–Kier alpha value is -1.66. The van der Waals surface area contributed by atoms with Crippen molar-refractivity contribution in [2.75, 3.05) is 11.4 Å². The molecular formula is C11H10ClN3O2S. The van der Waals surface area contributed by atoms with Crippen LogP contribution in [0.15, 0.2) is 35.1 Å². The van der Waals surface area contributed by atoms with Crippen LogP contribution in [-0.4, -0.2) is 21.7 Å². The lowest BCUT2D eigenvalue weighted by Crippen LogP contribution is -2.25. The van der Waals surface area contributed by atoms with Gasteiger partial charge in [0.25, 0.3) is 0 Å². The highest BCUT2D eigenvalue weighted by atomic mass is 35.5. The highest BCUT2D eigenvalue weighted by molar-refractivity contribution is 7.13. The number of amides is 1. The van der Waals surface area contributed by atoms with E-state index < -0.39 is 5.37 Å². The van der Waals surface area contributed by atoms with Crippen LogP contribution in [0.25, 0.3) is 5.69 Å². The second-order valence-electron chi connectivity index (χ2n) is 3.40. The molecule has 0 N–H and O–H groups in total. The van der Waals surface area contributed by atoms with Gasteiger partial charge in [-0.2, -0.15) is 4.68 Å². The number of para-hydroxylation sites is 1.